The molecule has 0 aliphatic carbocycles. The molecule has 0 aromatic carbocycles. The fraction of sp³-hybridized carbons (Fsp3) is 1.00. The van der Waals surface area contributed by atoms with E-state index in [9.17, 15) is 4.57 Å². The molecule has 0 bridgehead atoms. The molecule has 0 unspecified atom stereocenters. The van der Waals surface area contributed by atoms with E-state index in [1.54, 1.807) is 13.8 Å². The summed E-state index contributed by atoms with van der Waals surface area (Å²) >= 11 is 0. The van der Waals surface area contributed by atoms with Crippen LogP contribution in [0.1, 0.15) is 13.8 Å². The van der Waals surface area contributed by atoms with Gasteiger partial charge in [0.25, 0.3) is 0 Å². The summed E-state index contributed by atoms with van der Waals surface area (Å²) < 4.78 is 11.1. The Morgan fingerprint density at radius 3 is 2.11 bits per heavy atom. The van der Waals surface area contributed by atoms with Crippen LogP contribution in [0.25, 0.3) is 10.4 Å². The van der Waals surface area contributed by atoms with Crippen LogP contribution in [-0.4, -0.2) is 12.3 Å². The number of rotatable bonds is 3. The van der Waals surface area contributed by atoms with Gasteiger partial charge in [0.1, 0.15) is 0 Å². The minimum absolute atomic E-state index is 0.466. The second-order valence-electron chi connectivity index (χ2n) is 1.66. The van der Waals surface area contributed by atoms with Crippen LogP contribution in [0.2, 0.25) is 0 Å². The van der Waals surface area contributed by atoms with Gasteiger partial charge >= 0.3 is 0 Å². The molecule has 9 heavy (non-hydrogen) atoms. The van der Waals surface area contributed by atoms with E-state index < -0.39 is 7.29 Å². The highest BCUT2D eigenvalue weighted by atomic mass is 31.2. The molecule has 0 saturated heterocycles. The zero-order chi connectivity index (χ0) is 7.33. The lowest BCUT2D eigenvalue weighted by Crippen LogP contribution is -1.82. The van der Waals surface area contributed by atoms with Crippen LogP contribution in [0.4, 0.5) is 0 Å². The molecule has 0 rings (SSSR count). The van der Waals surface area contributed by atoms with Gasteiger partial charge in [-0.2, -0.15) is 0 Å². The third kappa shape index (κ3) is 2.54. The van der Waals surface area contributed by atoms with E-state index >= 15 is 0 Å². The molecule has 0 aromatic rings. The van der Waals surface area contributed by atoms with Crippen LogP contribution in [0, 0.1) is 0 Å². The van der Waals surface area contributed by atoms with Gasteiger partial charge < -0.3 is 4.57 Å². The molecule has 0 N–H and O–H groups in total. The van der Waals surface area contributed by atoms with E-state index in [0.717, 1.165) is 0 Å². The summed E-state index contributed by atoms with van der Waals surface area (Å²) in [5, 5.41) is 0. The molecule has 4 nitrogen and oxygen atoms in total. The van der Waals surface area contributed by atoms with Gasteiger partial charge in [0.05, 0.1) is 0 Å². The molecule has 0 amide bonds. The average Bonchev–Trinajstić information content (AvgIpc) is 1.89. The quantitative estimate of drug-likeness (QED) is 0.262. The molecule has 0 aliphatic heterocycles. The highest BCUT2D eigenvalue weighted by molar-refractivity contribution is 7.62. The first-order chi connectivity index (χ1) is 4.18. The number of nitrogens with zero attached hydrogens (tertiary/aromatic N) is 3. The maximum Gasteiger partial charge on any atom is 0.173 e. The molecular formula is C4H10N3OP. The van der Waals surface area contributed by atoms with Crippen molar-refractivity contribution in [3.63, 3.8) is 0 Å². The summed E-state index contributed by atoms with van der Waals surface area (Å²) in [6, 6.07) is 0. The van der Waals surface area contributed by atoms with E-state index in [-0.39, 0.29) is 0 Å². The smallest absolute Gasteiger partial charge is 0.173 e. The predicted molar refractivity (Wildman–Crippen MR) is 37.8 cm³/mol. The highest BCUT2D eigenvalue weighted by Crippen LogP contribution is 2.46. The van der Waals surface area contributed by atoms with Crippen LogP contribution >= 0.6 is 7.29 Å². The number of hydrogen-bond donors (Lipinski definition) is 0. The molecule has 0 aromatic heterocycles. The van der Waals surface area contributed by atoms with Crippen molar-refractivity contribution in [2.45, 2.75) is 13.8 Å². The van der Waals surface area contributed by atoms with Crippen LogP contribution in [-0.2, 0) is 4.57 Å². The van der Waals surface area contributed by atoms with E-state index in [0.29, 0.717) is 12.3 Å². The minimum atomic E-state index is -2.47. The zero-order valence-electron chi connectivity index (χ0n) is 5.61. The van der Waals surface area contributed by atoms with Crippen molar-refractivity contribution in [1.82, 2.24) is 0 Å². The van der Waals surface area contributed by atoms with Gasteiger partial charge in [0.15, 0.2) is 7.29 Å². The molecule has 0 radical (unpaired) electrons. The van der Waals surface area contributed by atoms with E-state index in [1.807, 2.05) is 0 Å². The van der Waals surface area contributed by atoms with E-state index in [2.05, 4.69) is 9.80 Å². The van der Waals surface area contributed by atoms with Crippen LogP contribution < -0.4 is 0 Å². The lowest BCUT2D eigenvalue weighted by Gasteiger charge is -2.02. The van der Waals surface area contributed by atoms with Gasteiger partial charge in [0.2, 0.25) is 0 Å². The third-order valence-corrected chi connectivity index (χ3v) is 3.57. The van der Waals surface area contributed by atoms with Crippen molar-refractivity contribution in [3.8, 4) is 0 Å². The van der Waals surface area contributed by atoms with Crippen molar-refractivity contribution in [2.75, 3.05) is 12.3 Å². The van der Waals surface area contributed by atoms with Crippen LogP contribution in [0.3, 0.4) is 0 Å². The topological polar surface area (TPSA) is 65.8 Å². The summed E-state index contributed by atoms with van der Waals surface area (Å²) in [6.45, 7) is 3.53. The number of hydrogen-bond acceptors (Lipinski definition) is 1. The van der Waals surface area contributed by atoms with Gasteiger partial charge in [-0.05, 0) is 10.4 Å². The Labute approximate surface area is 54.3 Å². The number of azide groups is 1. The first-order valence-electron chi connectivity index (χ1n) is 2.83. The second-order valence-corrected chi connectivity index (χ2v) is 4.79. The Balaban J connectivity index is 4.28. The summed E-state index contributed by atoms with van der Waals surface area (Å²) in [6.07, 6.45) is 0.932. The van der Waals surface area contributed by atoms with Gasteiger partial charge in [-0.1, -0.05) is 13.8 Å². The van der Waals surface area contributed by atoms with Crippen molar-refractivity contribution >= 4 is 7.29 Å². The molecule has 0 atom stereocenters. The highest BCUT2D eigenvalue weighted by Gasteiger charge is 2.12. The molecule has 0 spiro atoms. The first kappa shape index (κ1) is 8.54. The molecule has 0 heterocycles. The summed E-state index contributed by atoms with van der Waals surface area (Å²) in [5.74, 6) is 0. The van der Waals surface area contributed by atoms with Crippen LogP contribution in [0.15, 0.2) is 4.88 Å². The Bertz CT molecular complexity index is 165. The minimum Gasteiger partial charge on any atom is -0.317 e. The van der Waals surface area contributed by atoms with Gasteiger partial charge in [-0.3, -0.25) is 0 Å². The van der Waals surface area contributed by atoms with E-state index in [1.165, 1.54) is 0 Å². The third-order valence-electron chi connectivity index (χ3n) is 1.19. The Morgan fingerprint density at radius 2 is 2.00 bits per heavy atom. The largest absolute Gasteiger partial charge is 0.317 e. The Morgan fingerprint density at radius 1 is 1.56 bits per heavy atom. The summed E-state index contributed by atoms with van der Waals surface area (Å²) in [7, 11) is -2.47. The first-order valence-corrected chi connectivity index (χ1v) is 4.86. The second kappa shape index (κ2) is 3.54. The molecule has 52 valence electrons. The summed E-state index contributed by atoms with van der Waals surface area (Å²) in [5.41, 5.74) is 7.95. The average molecular weight is 147 g/mol. The maximum absolute atomic E-state index is 11.1. The summed E-state index contributed by atoms with van der Waals surface area (Å²) in [4.78, 5) is 5.74. The lowest BCUT2D eigenvalue weighted by molar-refractivity contribution is 0.577. The zero-order valence-corrected chi connectivity index (χ0v) is 6.51. The normalized spacial score (nSPS) is 10.4. The SMILES string of the molecule is CCP(=O)(CC)N=[N+]=[N-]. The van der Waals surface area contributed by atoms with Crippen molar-refractivity contribution in [2.24, 2.45) is 4.88 Å². The Hall–Kier alpha value is -0.460. The molecule has 5 heteroatoms. The van der Waals surface area contributed by atoms with Crippen molar-refractivity contribution < 1.29 is 4.57 Å². The van der Waals surface area contributed by atoms with Gasteiger partial charge in [0, 0.05) is 17.2 Å². The van der Waals surface area contributed by atoms with Crippen LogP contribution in [0.5, 0.6) is 0 Å². The van der Waals surface area contributed by atoms with E-state index in [4.69, 9.17) is 5.53 Å². The molecular weight excluding hydrogens is 137 g/mol. The molecule has 0 fully saturated rings. The fourth-order valence-corrected chi connectivity index (χ4v) is 1.27. The predicted octanol–water partition coefficient (Wildman–Crippen LogP) is 2.61. The Kier molecular flexibility index (Phi) is 3.36. The fourth-order valence-electron chi connectivity index (χ4n) is 0.423. The monoisotopic (exact) mass is 147 g/mol. The van der Waals surface area contributed by atoms with Crippen molar-refractivity contribution in [3.05, 3.63) is 10.4 Å². The molecule has 0 saturated carbocycles. The standard InChI is InChI=1S/C4H10N3OP/c1-3-9(8,4-2)7-6-5/h3-4H2,1-2H3. The van der Waals surface area contributed by atoms with Gasteiger partial charge in [-0.15, -0.1) is 0 Å². The maximum atomic E-state index is 11.1. The van der Waals surface area contributed by atoms with Gasteiger partial charge in [-0.25, -0.2) is 0 Å². The lowest BCUT2D eigenvalue weighted by atomic mass is 11.0. The van der Waals surface area contributed by atoms with Crippen molar-refractivity contribution in [1.29, 1.82) is 0 Å². The molecule has 0 aliphatic rings.